The summed E-state index contributed by atoms with van der Waals surface area (Å²) < 4.78 is 38.9. The number of nitro groups is 1. The number of alkyl halides is 3. The van der Waals surface area contributed by atoms with E-state index in [-0.39, 0.29) is 12.3 Å². The number of anilines is 1. The lowest BCUT2D eigenvalue weighted by molar-refractivity contribution is -0.388. The first-order chi connectivity index (χ1) is 11.2. The molecule has 1 atom stereocenters. The molecule has 9 heteroatoms. The van der Waals surface area contributed by atoms with Gasteiger partial charge in [-0.25, -0.2) is 0 Å². The van der Waals surface area contributed by atoms with Crippen molar-refractivity contribution < 1.29 is 23.2 Å². The van der Waals surface area contributed by atoms with Crippen LogP contribution in [0.4, 0.5) is 24.5 Å². The third-order valence-electron chi connectivity index (χ3n) is 3.29. The minimum atomic E-state index is -4.87. The maximum absolute atomic E-state index is 13.0. The summed E-state index contributed by atoms with van der Waals surface area (Å²) in [4.78, 5) is 9.66. The molecule has 0 bridgehead atoms. The Hall–Kier alpha value is -2.32. The molecule has 5 nitrogen and oxygen atoms in total. The van der Waals surface area contributed by atoms with E-state index in [1.54, 1.807) is 24.3 Å². The third kappa shape index (κ3) is 4.15. The van der Waals surface area contributed by atoms with Crippen molar-refractivity contribution in [3.63, 3.8) is 0 Å². The summed E-state index contributed by atoms with van der Waals surface area (Å²) in [6.07, 6.45) is -4.87. The van der Waals surface area contributed by atoms with E-state index in [2.05, 4.69) is 5.32 Å². The van der Waals surface area contributed by atoms with Crippen molar-refractivity contribution in [3.05, 3.63) is 68.7 Å². The molecule has 0 spiro atoms. The molecule has 0 amide bonds. The van der Waals surface area contributed by atoms with E-state index < -0.39 is 28.4 Å². The number of aliphatic hydroxyl groups excluding tert-OH is 1. The van der Waals surface area contributed by atoms with Crippen LogP contribution in [0, 0.1) is 10.1 Å². The van der Waals surface area contributed by atoms with Gasteiger partial charge in [0.2, 0.25) is 0 Å². The van der Waals surface area contributed by atoms with Crippen LogP contribution in [0.25, 0.3) is 0 Å². The fraction of sp³-hybridized carbons (Fsp3) is 0.200. The van der Waals surface area contributed by atoms with Crippen LogP contribution in [0.15, 0.2) is 42.5 Å². The molecule has 2 aromatic rings. The number of hydrogen-bond donors (Lipinski definition) is 2. The van der Waals surface area contributed by atoms with E-state index >= 15 is 0 Å². The van der Waals surface area contributed by atoms with Gasteiger partial charge in [-0.2, -0.15) is 13.2 Å². The molecule has 0 heterocycles. The topological polar surface area (TPSA) is 75.4 Å². The molecule has 0 aromatic heterocycles. The van der Waals surface area contributed by atoms with E-state index in [0.29, 0.717) is 16.7 Å². The second-order valence-corrected chi connectivity index (χ2v) is 5.35. The lowest BCUT2D eigenvalue weighted by atomic mass is 10.1. The van der Waals surface area contributed by atoms with Gasteiger partial charge in [0.05, 0.1) is 17.6 Å². The van der Waals surface area contributed by atoms with Crippen molar-refractivity contribution in [2.24, 2.45) is 0 Å². The first kappa shape index (κ1) is 18.0. The number of hydrogen-bond acceptors (Lipinski definition) is 4. The van der Waals surface area contributed by atoms with Crippen molar-refractivity contribution in [1.29, 1.82) is 0 Å². The van der Waals surface area contributed by atoms with Crippen molar-refractivity contribution in [3.8, 4) is 0 Å². The smallest absolute Gasteiger partial charge is 0.394 e. The Bertz CT molecular complexity index is 736. The third-order valence-corrected chi connectivity index (χ3v) is 3.55. The number of benzene rings is 2. The molecule has 0 fully saturated rings. The van der Waals surface area contributed by atoms with Gasteiger partial charge in [-0.15, -0.1) is 0 Å². The van der Waals surface area contributed by atoms with E-state index in [9.17, 15) is 28.4 Å². The van der Waals surface area contributed by atoms with Gasteiger partial charge in [-0.05, 0) is 29.8 Å². The molecule has 0 saturated heterocycles. The molecule has 1 unspecified atom stereocenters. The Labute approximate surface area is 139 Å². The van der Waals surface area contributed by atoms with Gasteiger partial charge < -0.3 is 10.4 Å². The molecule has 0 saturated carbocycles. The van der Waals surface area contributed by atoms with Crippen LogP contribution in [0.1, 0.15) is 17.2 Å². The molecule has 128 valence electrons. The van der Waals surface area contributed by atoms with Crippen LogP contribution in [-0.2, 0) is 6.18 Å². The number of halogens is 4. The predicted molar refractivity (Wildman–Crippen MR) is 83.0 cm³/mol. The Morgan fingerprint density at radius 2 is 1.83 bits per heavy atom. The Morgan fingerprint density at radius 1 is 1.21 bits per heavy atom. The van der Waals surface area contributed by atoms with Gasteiger partial charge in [0.25, 0.3) is 5.69 Å². The van der Waals surface area contributed by atoms with Gasteiger partial charge >= 0.3 is 6.18 Å². The summed E-state index contributed by atoms with van der Waals surface area (Å²) in [7, 11) is 0. The quantitative estimate of drug-likeness (QED) is 0.611. The highest BCUT2D eigenvalue weighted by Gasteiger charge is 2.38. The minimum absolute atomic E-state index is 0.00178. The van der Waals surface area contributed by atoms with E-state index in [0.717, 1.165) is 12.1 Å². The average Bonchev–Trinajstić information content (AvgIpc) is 2.52. The largest absolute Gasteiger partial charge is 0.423 e. The molecular weight excluding hydrogens is 349 g/mol. The number of aliphatic hydroxyl groups is 1. The highest BCUT2D eigenvalue weighted by atomic mass is 35.5. The van der Waals surface area contributed by atoms with Crippen LogP contribution in [0.3, 0.4) is 0 Å². The van der Waals surface area contributed by atoms with Crippen LogP contribution < -0.4 is 5.32 Å². The fourth-order valence-electron chi connectivity index (χ4n) is 2.14. The lowest BCUT2D eigenvalue weighted by Gasteiger charge is -2.19. The molecule has 0 radical (unpaired) electrons. The van der Waals surface area contributed by atoms with Gasteiger partial charge in [-0.3, -0.25) is 10.1 Å². The molecule has 0 aliphatic rings. The van der Waals surface area contributed by atoms with Crippen molar-refractivity contribution >= 4 is 23.0 Å². The second-order valence-electron chi connectivity index (χ2n) is 4.92. The number of nitrogens with zero attached hydrogens (tertiary/aromatic N) is 1. The molecule has 2 N–H and O–H groups in total. The zero-order valence-electron chi connectivity index (χ0n) is 12.0. The fourth-order valence-corrected chi connectivity index (χ4v) is 2.27. The lowest BCUT2D eigenvalue weighted by Crippen LogP contribution is -2.16. The summed E-state index contributed by atoms with van der Waals surface area (Å²) in [6, 6.07) is 8.30. The number of rotatable bonds is 5. The zero-order valence-corrected chi connectivity index (χ0v) is 12.8. The minimum Gasteiger partial charge on any atom is -0.394 e. The normalized spacial score (nSPS) is 12.7. The first-order valence-electron chi connectivity index (χ1n) is 6.71. The summed E-state index contributed by atoms with van der Waals surface area (Å²) >= 11 is 5.77. The maximum atomic E-state index is 13.0. The number of nitrogens with one attached hydrogen (secondary N) is 1. The number of nitro benzene ring substituents is 1. The van der Waals surface area contributed by atoms with Crippen molar-refractivity contribution in [1.82, 2.24) is 0 Å². The Balaban J connectivity index is 2.34. The summed E-state index contributed by atoms with van der Waals surface area (Å²) in [5, 5.41) is 23.4. The molecular formula is C15H12ClF3N2O3. The summed E-state index contributed by atoms with van der Waals surface area (Å²) in [5.74, 6) is 0. The van der Waals surface area contributed by atoms with Gasteiger partial charge in [-0.1, -0.05) is 23.7 Å². The summed E-state index contributed by atoms with van der Waals surface area (Å²) in [6.45, 7) is -0.389. The molecule has 2 rings (SSSR count). The van der Waals surface area contributed by atoms with Gasteiger partial charge in [0, 0.05) is 16.8 Å². The molecule has 2 aromatic carbocycles. The SMILES string of the molecule is O=[N+]([O-])c1ccc(NC(CO)c2ccc(Cl)cc2)cc1C(F)(F)F. The molecule has 24 heavy (non-hydrogen) atoms. The van der Waals surface area contributed by atoms with Crippen LogP contribution >= 0.6 is 11.6 Å². The summed E-state index contributed by atoms with van der Waals surface area (Å²) in [5.41, 5.74) is -1.78. The first-order valence-corrected chi connectivity index (χ1v) is 7.08. The molecule has 0 aliphatic carbocycles. The van der Waals surface area contributed by atoms with Gasteiger partial charge in [0.15, 0.2) is 0 Å². The van der Waals surface area contributed by atoms with Crippen molar-refractivity contribution in [2.45, 2.75) is 12.2 Å². The maximum Gasteiger partial charge on any atom is 0.423 e. The Morgan fingerprint density at radius 3 is 2.33 bits per heavy atom. The average molecular weight is 361 g/mol. The predicted octanol–water partition coefficient (Wildman–Crippen LogP) is 4.41. The van der Waals surface area contributed by atoms with Crippen molar-refractivity contribution in [2.75, 3.05) is 11.9 Å². The van der Waals surface area contributed by atoms with E-state index in [1.807, 2.05) is 0 Å². The zero-order chi connectivity index (χ0) is 17.9. The van der Waals surface area contributed by atoms with Crippen LogP contribution in [0.2, 0.25) is 5.02 Å². The highest BCUT2D eigenvalue weighted by Crippen LogP contribution is 2.38. The highest BCUT2D eigenvalue weighted by molar-refractivity contribution is 6.30. The molecule has 0 aliphatic heterocycles. The van der Waals surface area contributed by atoms with Gasteiger partial charge in [0.1, 0.15) is 5.56 Å². The monoisotopic (exact) mass is 360 g/mol. The van der Waals surface area contributed by atoms with E-state index in [1.165, 1.54) is 0 Å². The van der Waals surface area contributed by atoms with Crippen LogP contribution in [0.5, 0.6) is 0 Å². The Kier molecular flexibility index (Phi) is 5.30. The second kappa shape index (κ2) is 7.06. The van der Waals surface area contributed by atoms with E-state index in [4.69, 9.17) is 11.6 Å². The van der Waals surface area contributed by atoms with Crippen LogP contribution in [-0.4, -0.2) is 16.6 Å². The standard InChI is InChI=1S/C15H12ClF3N2O3/c16-10-3-1-9(2-4-10)13(8-22)20-11-5-6-14(21(23)24)12(7-11)15(17,18)19/h1-7,13,20,22H,8H2.